The molecule has 5 heteroatoms. The SMILES string of the molecule is CC(C)CCNC(=O)C(C)(Oc1cc(Cl)cc(Cl)c1)C(C)C. The summed E-state index contributed by atoms with van der Waals surface area (Å²) < 4.78 is 5.96. The van der Waals surface area contributed by atoms with Crippen LogP contribution in [0.1, 0.15) is 41.0 Å². The van der Waals surface area contributed by atoms with Gasteiger partial charge < -0.3 is 10.1 Å². The van der Waals surface area contributed by atoms with Gasteiger partial charge in [0, 0.05) is 22.5 Å². The number of amides is 1. The molecule has 124 valence electrons. The van der Waals surface area contributed by atoms with E-state index in [0.717, 1.165) is 6.42 Å². The first-order valence-electron chi connectivity index (χ1n) is 7.58. The van der Waals surface area contributed by atoms with Crippen LogP contribution in [0.15, 0.2) is 18.2 Å². The standard InChI is InChI=1S/C17H25Cl2NO2/c1-11(2)6-7-20-16(21)17(5,12(3)4)22-15-9-13(18)8-14(19)10-15/h8-12H,6-7H2,1-5H3,(H,20,21). The Kier molecular flexibility index (Phi) is 7.01. The highest BCUT2D eigenvalue weighted by Crippen LogP contribution is 2.30. The molecule has 1 aromatic rings. The third-order valence-electron chi connectivity index (χ3n) is 3.73. The van der Waals surface area contributed by atoms with E-state index in [9.17, 15) is 4.79 Å². The topological polar surface area (TPSA) is 38.3 Å². The summed E-state index contributed by atoms with van der Waals surface area (Å²) in [4.78, 5) is 12.6. The van der Waals surface area contributed by atoms with Crippen molar-refractivity contribution >= 4 is 29.1 Å². The van der Waals surface area contributed by atoms with E-state index in [1.54, 1.807) is 25.1 Å². The van der Waals surface area contributed by atoms with E-state index in [4.69, 9.17) is 27.9 Å². The zero-order valence-corrected chi connectivity index (χ0v) is 15.4. The fourth-order valence-electron chi connectivity index (χ4n) is 1.91. The lowest BCUT2D eigenvalue weighted by atomic mass is 9.91. The minimum absolute atomic E-state index is 0.00990. The van der Waals surface area contributed by atoms with Crippen LogP contribution in [0.5, 0.6) is 5.75 Å². The molecule has 0 aliphatic rings. The molecule has 0 heterocycles. The lowest BCUT2D eigenvalue weighted by Gasteiger charge is -2.33. The molecule has 22 heavy (non-hydrogen) atoms. The maximum absolute atomic E-state index is 12.6. The van der Waals surface area contributed by atoms with Crippen LogP contribution in [0.4, 0.5) is 0 Å². The van der Waals surface area contributed by atoms with Crippen molar-refractivity contribution in [3.8, 4) is 5.75 Å². The third kappa shape index (κ3) is 5.36. The van der Waals surface area contributed by atoms with Crippen LogP contribution in [-0.2, 0) is 4.79 Å². The average molecular weight is 346 g/mol. The van der Waals surface area contributed by atoms with E-state index in [2.05, 4.69) is 19.2 Å². The van der Waals surface area contributed by atoms with Gasteiger partial charge in [-0.1, -0.05) is 50.9 Å². The Balaban J connectivity index is 2.88. The second kappa shape index (κ2) is 8.07. The Morgan fingerprint density at radius 3 is 2.18 bits per heavy atom. The van der Waals surface area contributed by atoms with Gasteiger partial charge >= 0.3 is 0 Å². The van der Waals surface area contributed by atoms with Gasteiger partial charge in [-0.2, -0.15) is 0 Å². The molecule has 0 saturated carbocycles. The van der Waals surface area contributed by atoms with E-state index >= 15 is 0 Å². The molecule has 0 aliphatic carbocycles. The predicted molar refractivity (Wildman–Crippen MR) is 92.8 cm³/mol. The maximum atomic E-state index is 12.6. The second-order valence-electron chi connectivity index (χ2n) is 6.41. The average Bonchev–Trinajstić information content (AvgIpc) is 2.36. The largest absolute Gasteiger partial charge is 0.477 e. The molecular weight excluding hydrogens is 321 g/mol. The second-order valence-corrected chi connectivity index (χ2v) is 7.28. The molecule has 3 nitrogen and oxygen atoms in total. The highest BCUT2D eigenvalue weighted by atomic mass is 35.5. The molecule has 1 amide bonds. The van der Waals surface area contributed by atoms with Crippen molar-refractivity contribution in [2.75, 3.05) is 6.54 Å². The highest BCUT2D eigenvalue weighted by Gasteiger charge is 2.39. The number of hydrogen-bond acceptors (Lipinski definition) is 2. The summed E-state index contributed by atoms with van der Waals surface area (Å²) in [6.07, 6.45) is 0.933. The third-order valence-corrected chi connectivity index (χ3v) is 4.16. The van der Waals surface area contributed by atoms with Gasteiger partial charge in [-0.3, -0.25) is 4.79 Å². The molecular formula is C17H25Cl2NO2. The fraction of sp³-hybridized carbons (Fsp3) is 0.588. The van der Waals surface area contributed by atoms with Crippen molar-refractivity contribution in [1.29, 1.82) is 0 Å². The van der Waals surface area contributed by atoms with Crippen molar-refractivity contribution in [3.63, 3.8) is 0 Å². The van der Waals surface area contributed by atoms with Gasteiger partial charge in [0.1, 0.15) is 5.75 Å². The summed E-state index contributed by atoms with van der Waals surface area (Å²) in [5.74, 6) is 0.898. The van der Waals surface area contributed by atoms with Gasteiger partial charge in [0.25, 0.3) is 5.91 Å². The summed E-state index contributed by atoms with van der Waals surface area (Å²) in [5, 5.41) is 3.92. The summed E-state index contributed by atoms with van der Waals surface area (Å²) in [7, 11) is 0. The first-order chi connectivity index (χ1) is 10.1. The fourth-order valence-corrected chi connectivity index (χ4v) is 2.41. The smallest absolute Gasteiger partial charge is 0.264 e. The summed E-state index contributed by atoms with van der Waals surface area (Å²) in [6, 6.07) is 4.95. The molecule has 1 unspecified atom stereocenters. The van der Waals surface area contributed by atoms with Gasteiger partial charge in [0.15, 0.2) is 5.60 Å². The van der Waals surface area contributed by atoms with Crippen LogP contribution in [0.25, 0.3) is 0 Å². The normalized spacial score (nSPS) is 14.0. The highest BCUT2D eigenvalue weighted by molar-refractivity contribution is 6.34. The van der Waals surface area contributed by atoms with E-state index in [1.807, 2.05) is 13.8 Å². The zero-order valence-electron chi connectivity index (χ0n) is 13.9. The van der Waals surface area contributed by atoms with E-state index in [-0.39, 0.29) is 11.8 Å². The molecule has 1 atom stereocenters. The molecule has 0 bridgehead atoms. The van der Waals surface area contributed by atoms with Crippen LogP contribution in [-0.4, -0.2) is 18.1 Å². The quantitative estimate of drug-likeness (QED) is 0.759. The van der Waals surface area contributed by atoms with Crippen molar-refractivity contribution in [2.24, 2.45) is 11.8 Å². The molecule has 1 N–H and O–H groups in total. The van der Waals surface area contributed by atoms with Gasteiger partial charge in [-0.05, 0) is 37.5 Å². The first kappa shape index (κ1) is 19.1. The number of hydrogen-bond donors (Lipinski definition) is 1. The molecule has 1 rings (SSSR count). The lowest BCUT2D eigenvalue weighted by Crippen LogP contribution is -2.52. The number of nitrogens with one attached hydrogen (secondary N) is 1. The number of ether oxygens (including phenoxy) is 1. The van der Waals surface area contributed by atoms with Crippen molar-refractivity contribution in [2.45, 2.75) is 46.6 Å². The molecule has 0 radical (unpaired) electrons. The van der Waals surface area contributed by atoms with Crippen LogP contribution in [0, 0.1) is 11.8 Å². The Bertz CT molecular complexity index is 497. The maximum Gasteiger partial charge on any atom is 0.264 e. The molecule has 0 aromatic heterocycles. The predicted octanol–water partition coefficient (Wildman–Crippen LogP) is 4.95. The molecule has 0 aliphatic heterocycles. The number of rotatable bonds is 7. The molecule has 1 aromatic carbocycles. The Morgan fingerprint density at radius 2 is 1.73 bits per heavy atom. The number of halogens is 2. The van der Waals surface area contributed by atoms with Crippen LogP contribution in [0.2, 0.25) is 10.0 Å². The van der Waals surface area contributed by atoms with Crippen molar-refractivity contribution in [1.82, 2.24) is 5.32 Å². The first-order valence-corrected chi connectivity index (χ1v) is 8.34. The van der Waals surface area contributed by atoms with Gasteiger partial charge in [-0.15, -0.1) is 0 Å². The Labute approximate surface area is 143 Å². The monoisotopic (exact) mass is 345 g/mol. The Hall–Kier alpha value is -0.930. The van der Waals surface area contributed by atoms with Gasteiger partial charge in [-0.25, -0.2) is 0 Å². The van der Waals surface area contributed by atoms with E-state index < -0.39 is 5.60 Å². The lowest BCUT2D eigenvalue weighted by molar-refractivity contribution is -0.139. The molecule has 0 saturated heterocycles. The van der Waals surface area contributed by atoms with E-state index in [0.29, 0.717) is 28.3 Å². The van der Waals surface area contributed by atoms with Crippen LogP contribution >= 0.6 is 23.2 Å². The van der Waals surface area contributed by atoms with Crippen LogP contribution in [0.3, 0.4) is 0 Å². The van der Waals surface area contributed by atoms with Crippen molar-refractivity contribution in [3.05, 3.63) is 28.2 Å². The van der Waals surface area contributed by atoms with Crippen LogP contribution < -0.4 is 10.1 Å². The zero-order chi connectivity index (χ0) is 16.9. The Morgan fingerprint density at radius 1 is 1.18 bits per heavy atom. The minimum atomic E-state index is -0.981. The number of benzene rings is 1. The number of carbonyl (C=O) groups is 1. The summed E-state index contributed by atoms with van der Waals surface area (Å²) in [6.45, 7) is 10.6. The summed E-state index contributed by atoms with van der Waals surface area (Å²) >= 11 is 12.0. The minimum Gasteiger partial charge on any atom is -0.477 e. The molecule has 0 spiro atoms. The van der Waals surface area contributed by atoms with Gasteiger partial charge in [0.2, 0.25) is 0 Å². The number of carbonyl (C=O) groups excluding carboxylic acids is 1. The molecule has 0 fully saturated rings. The van der Waals surface area contributed by atoms with Gasteiger partial charge in [0.05, 0.1) is 0 Å². The summed E-state index contributed by atoms with van der Waals surface area (Å²) in [5.41, 5.74) is -0.981. The van der Waals surface area contributed by atoms with Crippen molar-refractivity contribution < 1.29 is 9.53 Å². The van der Waals surface area contributed by atoms with E-state index in [1.165, 1.54) is 0 Å².